The highest BCUT2D eigenvalue weighted by Gasteiger charge is 2.25. The Kier molecular flexibility index (Phi) is 7.13. The van der Waals surface area contributed by atoms with Crippen molar-refractivity contribution in [3.05, 3.63) is 102 Å². The summed E-state index contributed by atoms with van der Waals surface area (Å²) < 4.78 is 2.74. The zero-order chi connectivity index (χ0) is 25.1. The molecule has 0 bridgehead atoms. The molecule has 0 spiro atoms. The number of non-ortho nitro benzene ring substituents is 1. The number of nitro benzene ring substituents is 1. The van der Waals surface area contributed by atoms with Crippen molar-refractivity contribution in [2.45, 2.75) is 26.1 Å². The number of nitrogens with zero attached hydrogens (tertiary/aromatic N) is 5. The van der Waals surface area contributed by atoms with Crippen LogP contribution in [0.5, 0.6) is 0 Å². The van der Waals surface area contributed by atoms with E-state index in [2.05, 4.69) is 4.90 Å². The molecule has 1 atom stereocenters. The summed E-state index contributed by atoms with van der Waals surface area (Å²) in [6.45, 7) is 5.06. The number of benzene rings is 2. The van der Waals surface area contributed by atoms with Gasteiger partial charge in [0.05, 0.1) is 11.5 Å². The molecule has 0 amide bonds. The number of piperazine rings is 1. The fraction of sp³-hybridized carbons (Fsp3) is 0.360. The monoisotopic (exact) mass is 478 g/mol. The van der Waals surface area contributed by atoms with Gasteiger partial charge in [0, 0.05) is 63.6 Å². The van der Waals surface area contributed by atoms with Crippen LogP contribution in [-0.4, -0.2) is 45.1 Å². The number of anilines is 1. The maximum absolute atomic E-state index is 13.5. The number of hydrogen-bond acceptors (Lipinski definition) is 7. The molecule has 2 N–H and O–H groups in total. The summed E-state index contributed by atoms with van der Waals surface area (Å²) in [5.41, 5.74) is 8.58. The molecule has 4 rings (SSSR count). The SMILES string of the molecule is Cc1c(N2CCN(Cc3cccc([N+](=O)[O-])c3)CC2)c(=O)n(CC(N)c2ccccc2)c(=O)n1C. The molecular formula is C25H30N6O4. The quantitative estimate of drug-likeness (QED) is 0.406. The van der Waals surface area contributed by atoms with Crippen molar-refractivity contribution < 1.29 is 4.92 Å². The Bertz CT molecular complexity index is 1330. The zero-order valence-corrected chi connectivity index (χ0v) is 20.0. The predicted molar refractivity (Wildman–Crippen MR) is 135 cm³/mol. The first-order valence-electron chi connectivity index (χ1n) is 11.6. The summed E-state index contributed by atoms with van der Waals surface area (Å²) in [4.78, 5) is 41.3. The maximum Gasteiger partial charge on any atom is 0.331 e. The molecule has 1 unspecified atom stereocenters. The molecule has 1 saturated heterocycles. The van der Waals surface area contributed by atoms with E-state index < -0.39 is 11.0 Å². The smallest absolute Gasteiger partial charge is 0.331 e. The molecule has 3 aromatic rings. The van der Waals surface area contributed by atoms with Crippen LogP contribution in [0.4, 0.5) is 11.4 Å². The Morgan fingerprint density at radius 2 is 1.71 bits per heavy atom. The fourth-order valence-electron chi connectivity index (χ4n) is 4.54. The number of rotatable bonds is 7. The van der Waals surface area contributed by atoms with E-state index in [1.807, 2.05) is 41.3 Å². The van der Waals surface area contributed by atoms with Crippen LogP contribution < -0.4 is 21.9 Å². The van der Waals surface area contributed by atoms with Gasteiger partial charge in [-0.05, 0) is 18.1 Å². The molecule has 1 aromatic heterocycles. The summed E-state index contributed by atoms with van der Waals surface area (Å²) in [5.74, 6) is 0. The van der Waals surface area contributed by atoms with Crippen LogP contribution in [0.25, 0.3) is 0 Å². The number of aromatic nitrogens is 2. The Hall–Kier alpha value is -3.76. The van der Waals surface area contributed by atoms with E-state index in [-0.39, 0.29) is 23.5 Å². The maximum atomic E-state index is 13.5. The van der Waals surface area contributed by atoms with E-state index in [4.69, 9.17) is 5.73 Å². The number of nitro groups is 1. The van der Waals surface area contributed by atoms with Gasteiger partial charge in [0.25, 0.3) is 11.2 Å². The molecule has 1 fully saturated rings. The Morgan fingerprint density at radius 1 is 1.03 bits per heavy atom. The number of nitrogens with two attached hydrogens (primary N) is 1. The highest BCUT2D eigenvalue weighted by atomic mass is 16.6. The van der Waals surface area contributed by atoms with E-state index in [0.717, 1.165) is 11.1 Å². The topological polar surface area (TPSA) is 120 Å². The molecule has 10 heteroatoms. The minimum Gasteiger partial charge on any atom is -0.363 e. The Labute approximate surface area is 203 Å². The molecule has 0 saturated carbocycles. The van der Waals surface area contributed by atoms with Crippen LogP contribution in [0.15, 0.2) is 64.2 Å². The van der Waals surface area contributed by atoms with E-state index in [9.17, 15) is 19.7 Å². The second-order valence-electron chi connectivity index (χ2n) is 8.90. The molecule has 1 aliphatic heterocycles. The van der Waals surface area contributed by atoms with Gasteiger partial charge < -0.3 is 10.6 Å². The second-order valence-corrected chi connectivity index (χ2v) is 8.90. The van der Waals surface area contributed by atoms with Crippen LogP contribution in [0, 0.1) is 17.0 Å². The standard InChI is InChI=1S/C25H30N6O4/c1-18-23(24(32)30(25(33)27(18)2)17-22(26)20-8-4-3-5-9-20)29-13-11-28(12-14-29)16-19-7-6-10-21(15-19)31(34)35/h3-10,15,22H,11-14,16-17,26H2,1-2H3. The third-order valence-corrected chi connectivity index (χ3v) is 6.63. The van der Waals surface area contributed by atoms with Crippen LogP contribution >= 0.6 is 0 Å². The van der Waals surface area contributed by atoms with Crippen LogP contribution in [0.3, 0.4) is 0 Å². The van der Waals surface area contributed by atoms with Gasteiger partial charge in [-0.1, -0.05) is 42.5 Å². The van der Waals surface area contributed by atoms with Gasteiger partial charge >= 0.3 is 5.69 Å². The molecule has 10 nitrogen and oxygen atoms in total. The average Bonchev–Trinajstić information content (AvgIpc) is 2.87. The van der Waals surface area contributed by atoms with Crippen molar-refractivity contribution in [3.8, 4) is 0 Å². The average molecular weight is 479 g/mol. The Balaban J connectivity index is 1.52. The van der Waals surface area contributed by atoms with E-state index in [0.29, 0.717) is 44.1 Å². The first kappa shape index (κ1) is 24.4. The van der Waals surface area contributed by atoms with Gasteiger partial charge in [0.15, 0.2) is 0 Å². The van der Waals surface area contributed by atoms with E-state index in [1.165, 1.54) is 15.2 Å². The summed E-state index contributed by atoms with van der Waals surface area (Å²) in [7, 11) is 1.67. The lowest BCUT2D eigenvalue weighted by Gasteiger charge is -2.36. The molecule has 2 aromatic carbocycles. The molecule has 0 aliphatic carbocycles. The summed E-state index contributed by atoms with van der Waals surface area (Å²) in [6.07, 6.45) is 0. The fourth-order valence-corrected chi connectivity index (χ4v) is 4.54. The third-order valence-electron chi connectivity index (χ3n) is 6.63. The van der Waals surface area contributed by atoms with Crippen molar-refractivity contribution in [1.29, 1.82) is 0 Å². The van der Waals surface area contributed by atoms with Crippen LogP contribution in [0.2, 0.25) is 0 Å². The lowest BCUT2D eigenvalue weighted by Crippen LogP contribution is -2.51. The summed E-state index contributed by atoms with van der Waals surface area (Å²) in [6, 6.07) is 15.6. The van der Waals surface area contributed by atoms with Gasteiger partial charge in [-0.25, -0.2) is 4.79 Å². The van der Waals surface area contributed by atoms with Gasteiger partial charge in [-0.2, -0.15) is 0 Å². The number of hydrogen-bond donors (Lipinski definition) is 1. The zero-order valence-electron chi connectivity index (χ0n) is 20.0. The highest BCUT2D eigenvalue weighted by Crippen LogP contribution is 2.19. The van der Waals surface area contributed by atoms with Crippen molar-refractivity contribution in [3.63, 3.8) is 0 Å². The molecule has 35 heavy (non-hydrogen) atoms. The van der Waals surface area contributed by atoms with Gasteiger partial charge in [-0.3, -0.25) is 28.9 Å². The lowest BCUT2D eigenvalue weighted by atomic mass is 10.1. The third kappa shape index (κ3) is 5.18. The molecule has 1 aliphatic rings. The minimum absolute atomic E-state index is 0.0798. The van der Waals surface area contributed by atoms with Gasteiger partial charge in [0.1, 0.15) is 5.69 Å². The van der Waals surface area contributed by atoms with Crippen molar-refractivity contribution >= 4 is 11.4 Å². The molecule has 2 heterocycles. The van der Waals surface area contributed by atoms with Gasteiger partial charge in [0.2, 0.25) is 0 Å². The first-order valence-corrected chi connectivity index (χ1v) is 11.6. The normalized spacial score (nSPS) is 15.2. The minimum atomic E-state index is -0.482. The van der Waals surface area contributed by atoms with Gasteiger partial charge in [-0.15, -0.1) is 0 Å². The van der Waals surface area contributed by atoms with Crippen LogP contribution in [-0.2, 0) is 20.1 Å². The largest absolute Gasteiger partial charge is 0.363 e. The van der Waals surface area contributed by atoms with Crippen molar-refractivity contribution in [1.82, 2.24) is 14.0 Å². The predicted octanol–water partition coefficient (Wildman–Crippen LogP) is 1.79. The van der Waals surface area contributed by atoms with Crippen molar-refractivity contribution in [2.75, 3.05) is 31.1 Å². The van der Waals surface area contributed by atoms with E-state index >= 15 is 0 Å². The van der Waals surface area contributed by atoms with Crippen LogP contribution in [0.1, 0.15) is 22.9 Å². The Morgan fingerprint density at radius 3 is 2.37 bits per heavy atom. The molecular weight excluding hydrogens is 448 g/mol. The van der Waals surface area contributed by atoms with E-state index in [1.54, 1.807) is 26.1 Å². The summed E-state index contributed by atoms with van der Waals surface area (Å²) in [5, 5.41) is 11.1. The van der Waals surface area contributed by atoms with Crippen molar-refractivity contribution in [2.24, 2.45) is 12.8 Å². The molecule has 184 valence electrons. The summed E-state index contributed by atoms with van der Waals surface area (Å²) >= 11 is 0. The molecule has 0 radical (unpaired) electrons. The second kappa shape index (κ2) is 10.2. The highest BCUT2D eigenvalue weighted by molar-refractivity contribution is 5.49. The lowest BCUT2D eigenvalue weighted by molar-refractivity contribution is -0.384. The first-order chi connectivity index (χ1) is 16.8.